The molecule has 0 heterocycles. The fourth-order valence-corrected chi connectivity index (χ4v) is 2.65. The van der Waals surface area contributed by atoms with Crippen molar-refractivity contribution < 1.29 is 8.42 Å². The summed E-state index contributed by atoms with van der Waals surface area (Å²) in [6, 6.07) is 0.585. The van der Waals surface area contributed by atoms with Gasteiger partial charge >= 0.3 is 0 Å². The van der Waals surface area contributed by atoms with Crippen LogP contribution in [0, 0.1) is 0 Å². The van der Waals surface area contributed by atoms with Crippen molar-refractivity contribution in [2.75, 3.05) is 19.3 Å². The molecule has 0 aromatic heterocycles. The van der Waals surface area contributed by atoms with Crippen LogP contribution in [-0.4, -0.2) is 33.8 Å². The lowest BCUT2D eigenvalue weighted by atomic mass is 9.97. The molecule has 1 aliphatic rings. The molecular weight excluding hydrogens is 224 g/mol. The van der Waals surface area contributed by atoms with Gasteiger partial charge in [0.05, 0.1) is 6.26 Å². The predicted molar refractivity (Wildman–Crippen MR) is 67.0 cm³/mol. The van der Waals surface area contributed by atoms with Crippen molar-refractivity contribution in [3.05, 3.63) is 0 Å². The molecule has 0 bridgehead atoms. The summed E-state index contributed by atoms with van der Waals surface area (Å²) in [5, 5.41) is 3.44. The molecule has 1 rings (SSSR count). The topological polar surface area (TPSA) is 58.2 Å². The Morgan fingerprint density at radius 3 is 2.12 bits per heavy atom. The summed E-state index contributed by atoms with van der Waals surface area (Å²) in [6.45, 7) is 1.23. The van der Waals surface area contributed by atoms with Crippen LogP contribution in [0.15, 0.2) is 0 Å². The van der Waals surface area contributed by atoms with Crippen LogP contribution < -0.4 is 10.0 Å². The number of hydrogen-bond donors (Lipinski definition) is 2. The van der Waals surface area contributed by atoms with E-state index in [9.17, 15) is 8.42 Å². The Labute approximate surface area is 99.2 Å². The molecule has 0 spiro atoms. The second-order valence-corrected chi connectivity index (χ2v) is 6.50. The van der Waals surface area contributed by atoms with Gasteiger partial charge in [-0.15, -0.1) is 0 Å². The van der Waals surface area contributed by atoms with Gasteiger partial charge in [0, 0.05) is 19.1 Å². The molecule has 0 atom stereocenters. The van der Waals surface area contributed by atoms with Gasteiger partial charge in [0.15, 0.2) is 0 Å². The maximum absolute atomic E-state index is 10.8. The van der Waals surface area contributed by atoms with Crippen molar-refractivity contribution in [2.45, 2.75) is 51.0 Å². The van der Waals surface area contributed by atoms with Crippen LogP contribution in [0.3, 0.4) is 0 Å². The van der Waals surface area contributed by atoms with Gasteiger partial charge in [-0.05, 0) is 12.8 Å². The number of nitrogens with one attached hydrogen (secondary N) is 2. The van der Waals surface area contributed by atoms with Gasteiger partial charge in [0.25, 0.3) is 0 Å². The van der Waals surface area contributed by atoms with E-state index in [4.69, 9.17) is 0 Å². The van der Waals surface area contributed by atoms with Crippen molar-refractivity contribution in [3.63, 3.8) is 0 Å². The van der Waals surface area contributed by atoms with Gasteiger partial charge in [0.2, 0.25) is 10.0 Å². The SMILES string of the molecule is CS(=O)(=O)NCCNC1CCCCCCC1. The Bertz CT molecular complexity index is 270. The molecule has 0 aromatic carbocycles. The number of rotatable bonds is 5. The monoisotopic (exact) mass is 248 g/mol. The van der Waals surface area contributed by atoms with Gasteiger partial charge in [-0.25, -0.2) is 13.1 Å². The highest BCUT2D eigenvalue weighted by atomic mass is 32.2. The minimum absolute atomic E-state index is 0.495. The summed E-state index contributed by atoms with van der Waals surface area (Å²) in [4.78, 5) is 0. The lowest BCUT2D eigenvalue weighted by Gasteiger charge is -2.21. The summed E-state index contributed by atoms with van der Waals surface area (Å²) in [5.41, 5.74) is 0. The minimum atomic E-state index is -3.03. The van der Waals surface area contributed by atoms with E-state index in [0.29, 0.717) is 12.6 Å². The number of sulfonamides is 1. The molecule has 5 heteroatoms. The lowest BCUT2D eigenvalue weighted by molar-refractivity contribution is 0.392. The Morgan fingerprint density at radius 2 is 1.56 bits per heavy atom. The Hall–Kier alpha value is -0.130. The highest BCUT2D eigenvalue weighted by Crippen LogP contribution is 2.16. The molecule has 0 radical (unpaired) electrons. The van der Waals surface area contributed by atoms with E-state index >= 15 is 0 Å². The van der Waals surface area contributed by atoms with Crippen molar-refractivity contribution >= 4 is 10.0 Å². The van der Waals surface area contributed by atoms with Crippen molar-refractivity contribution in [1.29, 1.82) is 0 Å². The van der Waals surface area contributed by atoms with Crippen LogP contribution in [0.5, 0.6) is 0 Å². The third-order valence-electron chi connectivity index (χ3n) is 3.03. The van der Waals surface area contributed by atoms with Crippen LogP contribution in [0.1, 0.15) is 44.9 Å². The smallest absolute Gasteiger partial charge is 0.208 e. The summed E-state index contributed by atoms with van der Waals surface area (Å²) in [7, 11) is -3.03. The first-order valence-corrected chi connectivity index (χ1v) is 8.15. The Balaban J connectivity index is 2.10. The van der Waals surface area contributed by atoms with Crippen LogP contribution >= 0.6 is 0 Å². The van der Waals surface area contributed by atoms with E-state index in [1.54, 1.807) is 0 Å². The molecule has 4 nitrogen and oxygen atoms in total. The Morgan fingerprint density at radius 1 is 1.00 bits per heavy atom. The van der Waals surface area contributed by atoms with E-state index in [0.717, 1.165) is 6.54 Å². The van der Waals surface area contributed by atoms with Crippen molar-refractivity contribution in [2.24, 2.45) is 0 Å². The molecule has 1 saturated carbocycles. The third kappa shape index (κ3) is 7.19. The van der Waals surface area contributed by atoms with E-state index in [-0.39, 0.29) is 0 Å². The second kappa shape index (κ2) is 7.25. The molecule has 0 amide bonds. The summed E-state index contributed by atoms with van der Waals surface area (Å²) < 4.78 is 24.2. The fourth-order valence-electron chi connectivity index (χ4n) is 2.17. The molecule has 1 aliphatic carbocycles. The standard InChI is InChI=1S/C11H24N2O2S/c1-16(14,15)13-10-9-12-11-7-5-3-2-4-6-8-11/h11-13H,2-10H2,1H3. The molecule has 0 saturated heterocycles. The molecule has 1 fully saturated rings. The van der Waals surface area contributed by atoms with E-state index in [1.807, 2.05) is 0 Å². The van der Waals surface area contributed by atoms with Gasteiger partial charge in [0.1, 0.15) is 0 Å². The second-order valence-electron chi connectivity index (χ2n) is 4.66. The molecule has 0 aromatic rings. The molecular formula is C11H24N2O2S. The van der Waals surface area contributed by atoms with Gasteiger partial charge < -0.3 is 5.32 Å². The molecule has 16 heavy (non-hydrogen) atoms. The average molecular weight is 248 g/mol. The normalized spacial score (nSPS) is 20.3. The predicted octanol–water partition coefficient (Wildman–Crippen LogP) is 1.24. The zero-order valence-electron chi connectivity index (χ0n) is 10.2. The quantitative estimate of drug-likeness (QED) is 0.720. The van der Waals surface area contributed by atoms with Crippen LogP contribution in [0.2, 0.25) is 0 Å². The average Bonchev–Trinajstić information content (AvgIpc) is 2.13. The minimum Gasteiger partial charge on any atom is -0.313 e. The lowest BCUT2D eigenvalue weighted by Crippen LogP contribution is -2.37. The van der Waals surface area contributed by atoms with Gasteiger partial charge in [-0.1, -0.05) is 32.1 Å². The molecule has 2 N–H and O–H groups in total. The van der Waals surface area contributed by atoms with Crippen molar-refractivity contribution in [1.82, 2.24) is 10.0 Å². The summed E-state index contributed by atoms with van der Waals surface area (Å²) >= 11 is 0. The van der Waals surface area contributed by atoms with Crippen LogP contribution in [0.25, 0.3) is 0 Å². The molecule has 0 aliphatic heterocycles. The highest BCUT2D eigenvalue weighted by molar-refractivity contribution is 7.88. The zero-order valence-corrected chi connectivity index (χ0v) is 11.0. The maximum atomic E-state index is 10.8. The van der Waals surface area contributed by atoms with Crippen LogP contribution in [0.4, 0.5) is 0 Å². The van der Waals surface area contributed by atoms with Crippen LogP contribution in [-0.2, 0) is 10.0 Å². The first-order chi connectivity index (χ1) is 7.58. The molecule has 0 unspecified atom stereocenters. The number of hydrogen-bond acceptors (Lipinski definition) is 3. The fraction of sp³-hybridized carbons (Fsp3) is 1.00. The van der Waals surface area contributed by atoms with E-state index in [2.05, 4.69) is 10.0 Å². The van der Waals surface area contributed by atoms with Gasteiger partial charge in [-0.3, -0.25) is 0 Å². The summed E-state index contributed by atoms with van der Waals surface area (Å²) in [5.74, 6) is 0. The van der Waals surface area contributed by atoms with E-state index in [1.165, 1.54) is 51.2 Å². The maximum Gasteiger partial charge on any atom is 0.208 e. The summed E-state index contributed by atoms with van der Waals surface area (Å²) in [6.07, 6.45) is 10.3. The van der Waals surface area contributed by atoms with E-state index < -0.39 is 10.0 Å². The first-order valence-electron chi connectivity index (χ1n) is 6.26. The zero-order chi connectivity index (χ0) is 11.9. The Kier molecular flexibility index (Phi) is 6.31. The highest BCUT2D eigenvalue weighted by Gasteiger charge is 2.10. The first kappa shape index (κ1) is 13.9. The van der Waals surface area contributed by atoms with Crippen molar-refractivity contribution in [3.8, 4) is 0 Å². The van der Waals surface area contributed by atoms with Gasteiger partial charge in [-0.2, -0.15) is 0 Å². The third-order valence-corrected chi connectivity index (χ3v) is 3.76. The molecule has 96 valence electrons. The largest absolute Gasteiger partial charge is 0.313 e.